The number of carboxylic acids is 1. The van der Waals surface area contributed by atoms with Crippen LogP contribution in [-0.4, -0.2) is 38.4 Å². The van der Waals surface area contributed by atoms with E-state index < -0.39 is 5.97 Å². The van der Waals surface area contributed by atoms with Gasteiger partial charge in [0.1, 0.15) is 0 Å². The van der Waals surface area contributed by atoms with Crippen LogP contribution in [0.25, 0.3) is 6.08 Å². The number of benzene rings is 1. The quantitative estimate of drug-likeness (QED) is 0.820. The molecule has 0 saturated carbocycles. The molecule has 0 spiro atoms. The number of hydrogen-bond donors (Lipinski definition) is 1. The molecule has 1 aromatic carbocycles. The molecule has 0 aromatic heterocycles. The van der Waals surface area contributed by atoms with E-state index in [0.717, 1.165) is 28.3 Å². The van der Waals surface area contributed by atoms with Gasteiger partial charge in [0.15, 0.2) is 0 Å². The minimum atomic E-state index is -0.955. The van der Waals surface area contributed by atoms with Gasteiger partial charge in [-0.1, -0.05) is 22.0 Å². The molecule has 0 aliphatic heterocycles. The Bertz CT molecular complexity index is 446. The van der Waals surface area contributed by atoms with Gasteiger partial charge in [0.05, 0.1) is 6.61 Å². The number of aliphatic carboxylic acids is 1. The minimum absolute atomic E-state index is 0.616. The van der Waals surface area contributed by atoms with Crippen LogP contribution in [0.4, 0.5) is 5.69 Å². The smallest absolute Gasteiger partial charge is 0.328 e. The van der Waals surface area contributed by atoms with Crippen molar-refractivity contribution in [1.82, 2.24) is 0 Å². The first-order chi connectivity index (χ1) is 8.54. The maximum atomic E-state index is 10.6. The van der Waals surface area contributed by atoms with Gasteiger partial charge in [0.2, 0.25) is 0 Å². The zero-order valence-electron chi connectivity index (χ0n) is 10.4. The molecule has 1 N–H and O–H groups in total. The van der Waals surface area contributed by atoms with E-state index in [9.17, 15) is 4.79 Å². The highest BCUT2D eigenvalue weighted by atomic mass is 79.9. The number of anilines is 1. The molecular formula is C13H16BrNO3. The third kappa shape index (κ3) is 4.50. The van der Waals surface area contributed by atoms with E-state index in [2.05, 4.69) is 15.9 Å². The Labute approximate surface area is 115 Å². The van der Waals surface area contributed by atoms with Gasteiger partial charge < -0.3 is 14.7 Å². The molecule has 5 heteroatoms. The molecular weight excluding hydrogens is 298 g/mol. The first-order valence-corrected chi connectivity index (χ1v) is 6.24. The van der Waals surface area contributed by atoms with E-state index in [0.29, 0.717) is 6.61 Å². The van der Waals surface area contributed by atoms with Crippen LogP contribution in [0.1, 0.15) is 5.56 Å². The van der Waals surface area contributed by atoms with Crippen LogP contribution >= 0.6 is 15.9 Å². The summed E-state index contributed by atoms with van der Waals surface area (Å²) in [6.45, 7) is 1.35. The number of likely N-dealkylation sites (N-methyl/N-ethyl adjacent to an activating group) is 1. The molecule has 1 rings (SSSR count). The van der Waals surface area contributed by atoms with Crippen LogP contribution in [0.5, 0.6) is 0 Å². The summed E-state index contributed by atoms with van der Waals surface area (Å²) in [5, 5.41) is 8.67. The Morgan fingerprint density at radius 1 is 1.56 bits per heavy atom. The number of rotatable bonds is 6. The number of halogens is 1. The molecule has 0 heterocycles. The summed E-state index contributed by atoms with van der Waals surface area (Å²) in [7, 11) is 3.60. The highest BCUT2D eigenvalue weighted by molar-refractivity contribution is 9.10. The highest BCUT2D eigenvalue weighted by Gasteiger charge is 2.06. The summed E-state index contributed by atoms with van der Waals surface area (Å²) < 4.78 is 5.99. The van der Waals surface area contributed by atoms with Gasteiger partial charge in [0, 0.05) is 36.9 Å². The van der Waals surface area contributed by atoms with Crippen molar-refractivity contribution in [2.24, 2.45) is 0 Å². The second-order valence-electron chi connectivity index (χ2n) is 3.79. The molecule has 1 aromatic rings. The van der Waals surface area contributed by atoms with Crippen molar-refractivity contribution in [3.8, 4) is 0 Å². The minimum Gasteiger partial charge on any atom is -0.478 e. The van der Waals surface area contributed by atoms with Crippen LogP contribution in [0.15, 0.2) is 28.7 Å². The Balaban J connectivity index is 2.99. The zero-order chi connectivity index (χ0) is 13.5. The van der Waals surface area contributed by atoms with Crippen LogP contribution in [0.2, 0.25) is 0 Å². The van der Waals surface area contributed by atoms with Crippen molar-refractivity contribution in [2.45, 2.75) is 0 Å². The average Bonchev–Trinajstić information content (AvgIpc) is 2.34. The lowest BCUT2D eigenvalue weighted by molar-refractivity contribution is -0.131. The Kier molecular flexibility index (Phi) is 5.88. The van der Waals surface area contributed by atoms with Crippen molar-refractivity contribution in [1.29, 1.82) is 0 Å². The number of carboxylic acid groups (broad SMARTS) is 1. The van der Waals surface area contributed by atoms with Crippen LogP contribution in [0, 0.1) is 0 Å². The van der Waals surface area contributed by atoms with Crippen LogP contribution in [0.3, 0.4) is 0 Å². The number of ether oxygens (including phenoxy) is 1. The number of nitrogens with zero attached hydrogens (tertiary/aromatic N) is 1. The molecule has 98 valence electrons. The molecule has 0 unspecified atom stereocenters. The molecule has 0 fully saturated rings. The fourth-order valence-electron chi connectivity index (χ4n) is 1.50. The van der Waals surface area contributed by atoms with E-state index in [1.54, 1.807) is 13.2 Å². The van der Waals surface area contributed by atoms with Crippen molar-refractivity contribution in [3.63, 3.8) is 0 Å². The first kappa shape index (κ1) is 14.7. The second kappa shape index (κ2) is 7.18. The lowest BCUT2D eigenvalue weighted by atomic mass is 10.1. The fraction of sp³-hybridized carbons (Fsp3) is 0.308. The number of carbonyl (C=O) groups is 1. The number of hydrogen-bond acceptors (Lipinski definition) is 3. The van der Waals surface area contributed by atoms with Gasteiger partial charge >= 0.3 is 5.97 Å². The van der Waals surface area contributed by atoms with Crippen LogP contribution in [-0.2, 0) is 9.53 Å². The van der Waals surface area contributed by atoms with E-state index in [-0.39, 0.29) is 0 Å². The Morgan fingerprint density at radius 3 is 2.89 bits per heavy atom. The zero-order valence-corrected chi connectivity index (χ0v) is 12.0. The third-order valence-electron chi connectivity index (χ3n) is 2.44. The molecule has 4 nitrogen and oxygen atoms in total. The molecule has 0 bridgehead atoms. The summed E-state index contributed by atoms with van der Waals surface area (Å²) in [5.41, 5.74) is 1.82. The maximum Gasteiger partial charge on any atom is 0.328 e. The summed E-state index contributed by atoms with van der Waals surface area (Å²) in [5.74, 6) is -0.955. The predicted molar refractivity (Wildman–Crippen MR) is 76.0 cm³/mol. The van der Waals surface area contributed by atoms with Crippen molar-refractivity contribution in [2.75, 3.05) is 32.2 Å². The summed E-state index contributed by atoms with van der Waals surface area (Å²) >= 11 is 3.41. The standard InChI is InChI=1S/C13H16BrNO3/c1-15(7-8-18-2)12-9-11(14)5-3-10(12)4-6-13(16)17/h3-6,9H,7-8H2,1-2H3,(H,16,17)/b6-4+. The average molecular weight is 314 g/mol. The monoisotopic (exact) mass is 313 g/mol. The molecule has 0 aliphatic rings. The van der Waals surface area contributed by atoms with Crippen LogP contribution < -0.4 is 4.90 Å². The molecule has 18 heavy (non-hydrogen) atoms. The van der Waals surface area contributed by atoms with E-state index in [1.165, 1.54) is 0 Å². The van der Waals surface area contributed by atoms with Gasteiger partial charge in [-0.3, -0.25) is 0 Å². The summed E-state index contributed by atoms with van der Waals surface area (Å²) in [6, 6.07) is 5.72. The summed E-state index contributed by atoms with van der Waals surface area (Å²) in [6.07, 6.45) is 2.73. The predicted octanol–water partition coefficient (Wildman–Crippen LogP) is 2.63. The maximum absolute atomic E-state index is 10.6. The molecule has 0 saturated heterocycles. The van der Waals surface area contributed by atoms with E-state index in [4.69, 9.17) is 9.84 Å². The van der Waals surface area contributed by atoms with Crippen molar-refractivity contribution < 1.29 is 14.6 Å². The Hall–Kier alpha value is -1.33. The first-order valence-electron chi connectivity index (χ1n) is 5.45. The Morgan fingerprint density at radius 2 is 2.28 bits per heavy atom. The van der Waals surface area contributed by atoms with Gasteiger partial charge in [0.25, 0.3) is 0 Å². The lowest BCUT2D eigenvalue weighted by Gasteiger charge is -2.21. The SMILES string of the molecule is COCCN(C)c1cc(Br)ccc1/C=C/C(=O)O. The molecule has 0 aliphatic carbocycles. The number of methoxy groups -OCH3 is 1. The van der Waals surface area contributed by atoms with Crippen molar-refractivity contribution in [3.05, 3.63) is 34.3 Å². The molecule has 0 atom stereocenters. The van der Waals surface area contributed by atoms with E-state index >= 15 is 0 Å². The third-order valence-corrected chi connectivity index (χ3v) is 2.93. The van der Waals surface area contributed by atoms with Gasteiger partial charge in [-0.15, -0.1) is 0 Å². The fourth-order valence-corrected chi connectivity index (χ4v) is 1.85. The highest BCUT2D eigenvalue weighted by Crippen LogP contribution is 2.25. The van der Waals surface area contributed by atoms with Gasteiger partial charge in [-0.2, -0.15) is 0 Å². The largest absolute Gasteiger partial charge is 0.478 e. The van der Waals surface area contributed by atoms with Gasteiger partial charge in [-0.25, -0.2) is 4.79 Å². The summed E-state index contributed by atoms with van der Waals surface area (Å²) in [4.78, 5) is 12.6. The normalized spacial score (nSPS) is 10.8. The van der Waals surface area contributed by atoms with E-state index in [1.807, 2.05) is 30.1 Å². The van der Waals surface area contributed by atoms with Crippen molar-refractivity contribution >= 4 is 33.7 Å². The second-order valence-corrected chi connectivity index (χ2v) is 4.70. The topological polar surface area (TPSA) is 49.8 Å². The lowest BCUT2D eigenvalue weighted by Crippen LogP contribution is -2.22. The van der Waals surface area contributed by atoms with Gasteiger partial charge in [-0.05, 0) is 23.8 Å². The molecule has 0 radical (unpaired) electrons. The molecule has 0 amide bonds.